The van der Waals surface area contributed by atoms with Crippen LogP contribution in [0, 0.1) is 11.7 Å². The molecule has 2 aromatic rings. The first kappa shape index (κ1) is 17.8. The van der Waals surface area contributed by atoms with Crippen molar-refractivity contribution in [1.82, 2.24) is 19.2 Å². The maximum Gasteiger partial charge on any atom is 0.199 e. The molecule has 5 nitrogen and oxygen atoms in total. The first-order valence-electron chi connectivity index (χ1n) is 8.14. The Labute approximate surface area is 143 Å². The van der Waals surface area contributed by atoms with Crippen molar-refractivity contribution in [3.8, 4) is 0 Å². The molecule has 0 aliphatic heterocycles. The Morgan fingerprint density at radius 1 is 1.30 bits per heavy atom. The van der Waals surface area contributed by atoms with Crippen molar-refractivity contribution in [1.29, 1.82) is 0 Å². The fraction of sp³-hybridized carbons (Fsp3) is 0.529. The molecule has 0 bridgehead atoms. The highest BCUT2D eigenvalue weighted by molar-refractivity contribution is 7.71. The van der Waals surface area contributed by atoms with Gasteiger partial charge in [0, 0.05) is 13.1 Å². The van der Waals surface area contributed by atoms with Gasteiger partial charge >= 0.3 is 0 Å². The first-order chi connectivity index (χ1) is 11.1. The Balaban J connectivity index is 2.17. The minimum atomic E-state index is -0.0827. The van der Waals surface area contributed by atoms with Gasteiger partial charge in [-0.2, -0.15) is 5.10 Å². The molecular formula is C17H26N4OS. The van der Waals surface area contributed by atoms with Gasteiger partial charge in [0.1, 0.15) is 6.61 Å². The molecule has 0 aliphatic rings. The third kappa shape index (κ3) is 4.50. The molecule has 0 spiro atoms. The van der Waals surface area contributed by atoms with Crippen LogP contribution in [0.5, 0.6) is 0 Å². The zero-order valence-electron chi connectivity index (χ0n) is 14.2. The summed E-state index contributed by atoms with van der Waals surface area (Å²) < 4.78 is 4.42. The van der Waals surface area contributed by atoms with E-state index in [2.05, 4.69) is 55.0 Å². The molecule has 0 atom stereocenters. The second kappa shape index (κ2) is 8.38. The molecule has 1 aromatic heterocycles. The molecule has 0 saturated carbocycles. The van der Waals surface area contributed by atoms with Gasteiger partial charge in [-0.15, -0.1) is 0 Å². The average molecular weight is 334 g/mol. The molecular weight excluding hydrogens is 308 g/mol. The summed E-state index contributed by atoms with van der Waals surface area (Å²) in [4.78, 5) is 2.29. The van der Waals surface area contributed by atoms with E-state index < -0.39 is 0 Å². The Morgan fingerprint density at radius 3 is 2.70 bits per heavy atom. The summed E-state index contributed by atoms with van der Waals surface area (Å²) in [6, 6.07) is 8.54. The summed E-state index contributed by atoms with van der Waals surface area (Å²) in [6.45, 7) is 9.44. The van der Waals surface area contributed by atoms with Gasteiger partial charge in [0.15, 0.2) is 10.6 Å². The fourth-order valence-corrected chi connectivity index (χ4v) is 2.96. The maximum absolute atomic E-state index is 9.48. The van der Waals surface area contributed by atoms with E-state index in [1.165, 1.54) is 11.1 Å². The van der Waals surface area contributed by atoms with E-state index in [-0.39, 0.29) is 6.61 Å². The van der Waals surface area contributed by atoms with Crippen molar-refractivity contribution < 1.29 is 5.11 Å². The quantitative estimate of drug-likeness (QED) is 0.754. The van der Waals surface area contributed by atoms with Gasteiger partial charge in [0.2, 0.25) is 0 Å². The molecule has 0 aliphatic carbocycles. The predicted molar refractivity (Wildman–Crippen MR) is 94.5 cm³/mol. The SMILES string of the molecule is CCCn1c(CO)nn(CN(CC)Cc2cccc(C)c2)c1=S. The van der Waals surface area contributed by atoms with Crippen LogP contribution in [0.25, 0.3) is 0 Å². The second-order valence-electron chi connectivity index (χ2n) is 5.78. The molecule has 23 heavy (non-hydrogen) atoms. The van der Waals surface area contributed by atoms with Crippen molar-refractivity contribution in [2.45, 2.75) is 53.6 Å². The molecule has 126 valence electrons. The second-order valence-corrected chi connectivity index (χ2v) is 6.15. The van der Waals surface area contributed by atoms with Gasteiger partial charge in [-0.3, -0.25) is 4.90 Å². The number of aromatic nitrogens is 3. The van der Waals surface area contributed by atoms with E-state index in [0.29, 0.717) is 17.3 Å². The number of aryl methyl sites for hydroxylation is 1. The molecule has 0 saturated heterocycles. The van der Waals surface area contributed by atoms with Gasteiger partial charge in [-0.1, -0.05) is 43.7 Å². The van der Waals surface area contributed by atoms with Crippen LogP contribution in [-0.4, -0.2) is 30.9 Å². The van der Waals surface area contributed by atoms with Crippen LogP contribution in [-0.2, 0) is 26.4 Å². The number of aliphatic hydroxyl groups is 1. The van der Waals surface area contributed by atoms with Crippen LogP contribution in [0.2, 0.25) is 0 Å². The summed E-state index contributed by atoms with van der Waals surface area (Å²) in [5.74, 6) is 0.642. The Kier molecular flexibility index (Phi) is 6.50. The molecule has 2 rings (SSSR count). The smallest absolute Gasteiger partial charge is 0.199 e. The van der Waals surface area contributed by atoms with Crippen molar-refractivity contribution in [2.24, 2.45) is 0 Å². The molecule has 1 N–H and O–H groups in total. The van der Waals surface area contributed by atoms with Crippen molar-refractivity contribution in [2.75, 3.05) is 6.54 Å². The van der Waals surface area contributed by atoms with Crippen LogP contribution in [0.3, 0.4) is 0 Å². The number of benzene rings is 1. The Morgan fingerprint density at radius 2 is 2.09 bits per heavy atom. The number of hydrogen-bond donors (Lipinski definition) is 1. The van der Waals surface area contributed by atoms with Gasteiger partial charge in [0.05, 0.1) is 6.67 Å². The first-order valence-corrected chi connectivity index (χ1v) is 8.55. The fourth-order valence-electron chi connectivity index (χ4n) is 2.66. The third-order valence-corrected chi connectivity index (χ3v) is 4.29. The topological polar surface area (TPSA) is 46.2 Å². The standard InChI is InChI=1S/C17H26N4OS/c1-4-9-20-16(12-22)18-21(17(20)23)13-19(5-2)11-15-8-6-7-14(3)10-15/h6-8,10,22H,4-5,9,11-13H2,1-3H3. The van der Waals surface area contributed by atoms with Crippen LogP contribution in [0.4, 0.5) is 0 Å². The monoisotopic (exact) mass is 334 g/mol. The number of rotatable bonds is 8. The van der Waals surface area contributed by atoms with Crippen molar-refractivity contribution in [3.05, 3.63) is 46.0 Å². The molecule has 0 fully saturated rings. The average Bonchev–Trinajstić information content (AvgIpc) is 2.83. The molecule has 0 unspecified atom stereocenters. The maximum atomic E-state index is 9.48. The number of nitrogens with zero attached hydrogens (tertiary/aromatic N) is 4. The molecule has 6 heteroatoms. The van der Waals surface area contributed by atoms with Crippen LogP contribution >= 0.6 is 12.2 Å². The van der Waals surface area contributed by atoms with Gasteiger partial charge < -0.3 is 9.67 Å². The summed E-state index contributed by atoms with van der Waals surface area (Å²) in [7, 11) is 0. The van der Waals surface area contributed by atoms with Gasteiger partial charge in [0.25, 0.3) is 0 Å². The lowest BCUT2D eigenvalue weighted by molar-refractivity contribution is 0.205. The van der Waals surface area contributed by atoms with Crippen LogP contribution < -0.4 is 0 Å². The lowest BCUT2D eigenvalue weighted by Crippen LogP contribution is -2.26. The largest absolute Gasteiger partial charge is 0.388 e. The highest BCUT2D eigenvalue weighted by atomic mass is 32.1. The molecule has 1 aromatic carbocycles. The Bertz CT molecular complexity index is 692. The van der Waals surface area contributed by atoms with Crippen molar-refractivity contribution in [3.63, 3.8) is 0 Å². The highest BCUT2D eigenvalue weighted by Gasteiger charge is 2.12. The molecule has 0 radical (unpaired) electrons. The van der Waals surface area contributed by atoms with Crippen LogP contribution in [0.15, 0.2) is 24.3 Å². The molecule has 1 heterocycles. The summed E-state index contributed by atoms with van der Waals surface area (Å²) in [5.41, 5.74) is 2.55. The molecule has 0 amide bonds. The van der Waals surface area contributed by atoms with E-state index in [1.54, 1.807) is 0 Å². The number of aliphatic hydroxyl groups excluding tert-OH is 1. The Hall–Kier alpha value is -1.50. The summed E-state index contributed by atoms with van der Waals surface area (Å²) in [5, 5.41) is 14.0. The van der Waals surface area contributed by atoms with E-state index >= 15 is 0 Å². The number of hydrogen-bond acceptors (Lipinski definition) is 4. The summed E-state index contributed by atoms with van der Waals surface area (Å²) >= 11 is 5.52. The minimum Gasteiger partial charge on any atom is -0.388 e. The summed E-state index contributed by atoms with van der Waals surface area (Å²) in [6.07, 6.45) is 0.966. The van der Waals surface area contributed by atoms with E-state index in [1.807, 2.05) is 9.25 Å². The third-order valence-electron chi connectivity index (χ3n) is 3.86. The van der Waals surface area contributed by atoms with E-state index in [4.69, 9.17) is 12.2 Å². The minimum absolute atomic E-state index is 0.0827. The predicted octanol–water partition coefficient (Wildman–Crippen LogP) is 3.10. The van der Waals surface area contributed by atoms with Gasteiger partial charge in [-0.25, -0.2) is 4.68 Å². The lowest BCUT2D eigenvalue weighted by atomic mass is 10.1. The normalized spacial score (nSPS) is 11.3. The lowest BCUT2D eigenvalue weighted by Gasteiger charge is -2.20. The highest BCUT2D eigenvalue weighted by Crippen LogP contribution is 2.10. The van der Waals surface area contributed by atoms with E-state index in [0.717, 1.165) is 26.1 Å². The zero-order valence-corrected chi connectivity index (χ0v) is 15.0. The van der Waals surface area contributed by atoms with Crippen molar-refractivity contribution >= 4 is 12.2 Å². The zero-order chi connectivity index (χ0) is 16.8. The van der Waals surface area contributed by atoms with Gasteiger partial charge in [-0.05, 0) is 37.7 Å². The van der Waals surface area contributed by atoms with Crippen LogP contribution in [0.1, 0.15) is 37.2 Å². The van der Waals surface area contributed by atoms with E-state index in [9.17, 15) is 5.11 Å².